The predicted molar refractivity (Wildman–Crippen MR) is 79.7 cm³/mol. The van der Waals surface area contributed by atoms with E-state index in [1.165, 1.54) is 6.07 Å². The Kier molecular flexibility index (Phi) is 5.37. The first kappa shape index (κ1) is 18.2. The molecule has 0 atom stereocenters. The van der Waals surface area contributed by atoms with Gasteiger partial charge in [0, 0.05) is 19.3 Å². The summed E-state index contributed by atoms with van der Waals surface area (Å²) < 4.78 is 70.2. The molecule has 0 saturated carbocycles. The Morgan fingerprint density at radius 1 is 1.22 bits per heavy atom. The van der Waals surface area contributed by atoms with E-state index in [2.05, 4.69) is 0 Å². The molecular weight excluding hydrogens is 331 g/mol. The standard InChI is InChI=1S/C15H20F3NO3S/c1-11-3-4-14(12(2)9-11)23(20,21)19(10-15(16,17)18)13-5-7-22-8-6-13/h3-4,9,13H,5-8,10H2,1-2H3. The Labute approximate surface area is 134 Å². The molecule has 1 heterocycles. The molecule has 0 amide bonds. The van der Waals surface area contributed by atoms with Crippen molar-refractivity contribution in [3.63, 3.8) is 0 Å². The van der Waals surface area contributed by atoms with Gasteiger partial charge in [-0.2, -0.15) is 17.5 Å². The van der Waals surface area contributed by atoms with Crippen LogP contribution in [0.3, 0.4) is 0 Å². The lowest BCUT2D eigenvalue weighted by molar-refractivity contribution is -0.141. The molecule has 0 aromatic heterocycles. The molecular formula is C15H20F3NO3S. The molecule has 1 aliphatic heterocycles. The second kappa shape index (κ2) is 6.78. The Morgan fingerprint density at radius 2 is 1.83 bits per heavy atom. The van der Waals surface area contributed by atoms with Crippen LogP contribution in [0, 0.1) is 13.8 Å². The van der Waals surface area contributed by atoms with Crippen molar-refractivity contribution in [2.45, 2.75) is 43.8 Å². The van der Waals surface area contributed by atoms with Crippen LogP contribution < -0.4 is 0 Å². The molecule has 1 fully saturated rings. The Balaban J connectivity index is 2.43. The lowest BCUT2D eigenvalue weighted by Gasteiger charge is -2.34. The maximum atomic E-state index is 12.9. The first-order valence-electron chi connectivity index (χ1n) is 7.35. The molecule has 0 radical (unpaired) electrons. The number of halogens is 3. The summed E-state index contributed by atoms with van der Waals surface area (Å²) >= 11 is 0. The van der Waals surface area contributed by atoms with E-state index < -0.39 is 28.8 Å². The van der Waals surface area contributed by atoms with Crippen molar-refractivity contribution >= 4 is 10.0 Å². The number of benzene rings is 1. The highest BCUT2D eigenvalue weighted by molar-refractivity contribution is 7.89. The summed E-state index contributed by atoms with van der Waals surface area (Å²) in [5.41, 5.74) is 1.30. The molecule has 0 unspecified atom stereocenters. The first-order valence-corrected chi connectivity index (χ1v) is 8.79. The second-order valence-electron chi connectivity index (χ2n) is 5.78. The average molecular weight is 351 g/mol. The van der Waals surface area contributed by atoms with Crippen LogP contribution in [-0.4, -0.2) is 44.7 Å². The molecule has 4 nitrogen and oxygen atoms in total. The summed E-state index contributed by atoms with van der Waals surface area (Å²) in [6.45, 7) is 2.45. The van der Waals surface area contributed by atoms with Gasteiger partial charge in [0.05, 0.1) is 4.90 Å². The van der Waals surface area contributed by atoms with Gasteiger partial charge >= 0.3 is 6.18 Å². The van der Waals surface area contributed by atoms with Gasteiger partial charge in [-0.25, -0.2) is 8.42 Å². The van der Waals surface area contributed by atoms with Crippen LogP contribution in [0.5, 0.6) is 0 Å². The summed E-state index contributed by atoms with van der Waals surface area (Å²) in [7, 11) is -4.22. The maximum absolute atomic E-state index is 12.9. The van der Waals surface area contributed by atoms with Gasteiger partial charge in [0.2, 0.25) is 10.0 Å². The van der Waals surface area contributed by atoms with Crippen molar-refractivity contribution in [2.75, 3.05) is 19.8 Å². The van der Waals surface area contributed by atoms with E-state index in [0.29, 0.717) is 9.87 Å². The van der Waals surface area contributed by atoms with Crippen molar-refractivity contribution in [1.82, 2.24) is 4.31 Å². The molecule has 1 saturated heterocycles. The lowest BCUT2D eigenvalue weighted by Crippen LogP contribution is -2.47. The normalized spacial score (nSPS) is 17.7. The van der Waals surface area contributed by atoms with Crippen molar-refractivity contribution < 1.29 is 26.3 Å². The highest BCUT2D eigenvalue weighted by Gasteiger charge is 2.41. The van der Waals surface area contributed by atoms with E-state index in [9.17, 15) is 21.6 Å². The Morgan fingerprint density at radius 3 is 2.35 bits per heavy atom. The molecule has 8 heteroatoms. The topological polar surface area (TPSA) is 46.6 Å². The van der Waals surface area contributed by atoms with Gasteiger partial charge in [0.15, 0.2) is 0 Å². The van der Waals surface area contributed by atoms with Crippen LogP contribution in [0.1, 0.15) is 24.0 Å². The number of rotatable bonds is 4. The van der Waals surface area contributed by atoms with Crippen LogP contribution in [-0.2, 0) is 14.8 Å². The van der Waals surface area contributed by atoms with Crippen molar-refractivity contribution in [3.8, 4) is 0 Å². The van der Waals surface area contributed by atoms with Crippen LogP contribution >= 0.6 is 0 Å². The highest BCUT2D eigenvalue weighted by atomic mass is 32.2. The Bertz CT molecular complexity index is 652. The molecule has 0 N–H and O–H groups in total. The minimum atomic E-state index is -4.59. The maximum Gasteiger partial charge on any atom is 0.402 e. The minimum Gasteiger partial charge on any atom is -0.381 e. The number of alkyl halides is 3. The quantitative estimate of drug-likeness (QED) is 0.838. The summed E-state index contributed by atoms with van der Waals surface area (Å²) in [4.78, 5) is -0.0705. The van der Waals surface area contributed by atoms with E-state index in [4.69, 9.17) is 4.74 Å². The summed E-state index contributed by atoms with van der Waals surface area (Å²) in [5, 5.41) is 0. The third-order valence-corrected chi connectivity index (χ3v) is 5.91. The number of sulfonamides is 1. The van der Waals surface area contributed by atoms with E-state index in [-0.39, 0.29) is 31.0 Å². The predicted octanol–water partition coefficient (Wildman–Crippen LogP) is 3.04. The van der Waals surface area contributed by atoms with Gasteiger partial charge in [-0.3, -0.25) is 0 Å². The number of aryl methyl sites for hydroxylation is 2. The Hall–Kier alpha value is -1.12. The highest BCUT2D eigenvalue weighted by Crippen LogP contribution is 2.29. The molecule has 130 valence electrons. The molecule has 0 bridgehead atoms. The number of hydrogen-bond donors (Lipinski definition) is 0. The zero-order chi connectivity index (χ0) is 17.3. The van der Waals surface area contributed by atoms with Crippen molar-refractivity contribution in [2.24, 2.45) is 0 Å². The SMILES string of the molecule is Cc1ccc(S(=O)(=O)N(CC(F)(F)F)C2CCOCC2)c(C)c1. The summed E-state index contributed by atoms with van der Waals surface area (Å²) in [6.07, 6.45) is -4.07. The van der Waals surface area contributed by atoms with E-state index in [1.54, 1.807) is 26.0 Å². The van der Waals surface area contributed by atoms with Crippen molar-refractivity contribution in [3.05, 3.63) is 29.3 Å². The van der Waals surface area contributed by atoms with Crippen LogP contribution in [0.15, 0.2) is 23.1 Å². The zero-order valence-corrected chi connectivity index (χ0v) is 13.9. The van der Waals surface area contributed by atoms with Gasteiger partial charge in [0.1, 0.15) is 6.54 Å². The minimum absolute atomic E-state index is 0.0705. The van der Waals surface area contributed by atoms with E-state index in [0.717, 1.165) is 5.56 Å². The smallest absolute Gasteiger partial charge is 0.381 e. The van der Waals surface area contributed by atoms with Gasteiger partial charge in [-0.1, -0.05) is 17.7 Å². The number of nitrogens with zero attached hydrogens (tertiary/aromatic N) is 1. The monoisotopic (exact) mass is 351 g/mol. The molecule has 1 aromatic carbocycles. The molecule has 2 rings (SSSR count). The number of hydrogen-bond acceptors (Lipinski definition) is 3. The van der Waals surface area contributed by atoms with Gasteiger partial charge in [0.25, 0.3) is 0 Å². The first-order chi connectivity index (χ1) is 10.6. The summed E-state index contributed by atoms with van der Waals surface area (Å²) in [5.74, 6) is 0. The molecule has 0 spiro atoms. The van der Waals surface area contributed by atoms with E-state index in [1.807, 2.05) is 0 Å². The molecule has 1 aliphatic rings. The van der Waals surface area contributed by atoms with Gasteiger partial charge in [-0.05, 0) is 38.3 Å². The zero-order valence-electron chi connectivity index (χ0n) is 13.1. The molecule has 23 heavy (non-hydrogen) atoms. The third-order valence-electron chi connectivity index (χ3n) is 3.85. The van der Waals surface area contributed by atoms with Gasteiger partial charge < -0.3 is 4.74 Å². The fourth-order valence-electron chi connectivity index (χ4n) is 2.78. The third kappa shape index (κ3) is 4.45. The average Bonchev–Trinajstić information content (AvgIpc) is 2.44. The largest absolute Gasteiger partial charge is 0.402 e. The second-order valence-corrected chi connectivity index (χ2v) is 7.64. The van der Waals surface area contributed by atoms with Gasteiger partial charge in [-0.15, -0.1) is 0 Å². The summed E-state index contributed by atoms with van der Waals surface area (Å²) in [6, 6.07) is 3.93. The van der Waals surface area contributed by atoms with Crippen molar-refractivity contribution in [1.29, 1.82) is 0 Å². The fourth-order valence-corrected chi connectivity index (χ4v) is 4.65. The lowest BCUT2D eigenvalue weighted by atomic mass is 10.1. The number of ether oxygens (including phenoxy) is 1. The fraction of sp³-hybridized carbons (Fsp3) is 0.600. The van der Waals surface area contributed by atoms with Crippen LogP contribution in [0.25, 0.3) is 0 Å². The van der Waals surface area contributed by atoms with Crippen LogP contribution in [0.2, 0.25) is 0 Å². The molecule has 0 aliphatic carbocycles. The van der Waals surface area contributed by atoms with E-state index >= 15 is 0 Å². The van der Waals surface area contributed by atoms with Crippen LogP contribution in [0.4, 0.5) is 13.2 Å². The molecule has 1 aromatic rings.